The number of rotatable bonds is 3. The minimum Gasteiger partial charge on any atom is -0.506 e. The van der Waals surface area contributed by atoms with Crippen LogP contribution in [0.25, 0.3) is 33.6 Å². The standard InChI is InChI=1S/C22H16N2O2/c25-21-16(18-10-4-6-12-23-18)14-17(19-11-5-7-13-24-19)22(26)20(21)15-8-2-1-3-9-15/h1-14,25-26H. The highest BCUT2D eigenvalue weighted by atomic mass is 16.3. The smallest absolute Gasteiger partial charge is 0.136 e. The summed E-state index contributed by atoms with van der Waals surface area (Å²) in [5.41, 5.74) is 3.43. The third-order valence-electron chi connectivity index (χ3n) is 4.22. The number of phenols is 2. The van der Waals surface area contributed by atoms with Gasteiger partial charge in [0.15, 0.2) is 0 Å². The topological polar surface area (TPSA) is 66.2 Å². The van der Waals surface area contributed by atoms with Crippen LogP contribution >= 0.6 is 0 Å². The first-order valence-corrected chi connectivity index (χ1v) is 8.23. The summed E-state index contributed by atoms with van der Waals surface area (Å²) < 4.78 is 0. The fourth-order valence-corrected chi connectivity index (χ4v) is 2.98. The molecule has 0 aliphatic rings. The Balaban J connectivity index is 2.05. The Hall–Kier alpha value is -3.66. The number of aromatic nitrogens is 2. The molecule has 2 aromatic heterocycles. The summed E-state index contributed by atoms with van der Waals surface area (Å²) in [5.74, 6) is -0.0147. The lowest BCUT2D eigenvalue weighted by atomic mass is 9.93. The number of phenolic OH excluding ortho intramolecular Hbond substituents is 2. The lowest BCUT2D eigenvalue weighted by Crippen LogP contribution is -1.92. The summed E-state index contributed by atoms with van der Waals surface area (Å²) in [4.78, 5) is 8.69. The molecular formula is C22H16N2O2. The Morgan fingerprint density at radius 2 is 1.08 bits per heavy atom. The molecule has 0 radical (unpaired) electrons. The lowest BCUT2D eigenvalue weighted by Gasteiger charge is -2.16. The third-order valence-corrected chi connectivity index (χ3v) is 4.22. The van der Waals surface area contributed by atoms with Gasteiger partial charge in [-0.25, -0.2) is 0 Å². The van der Waals surface area contributed by atoms with E-state index in [-0.39, 0.29) is 11.5 Å². The number of benzene rings is 2. The molecule has 0 unspecified atom stereocenters. The van der Waals surface area contributed by atoms with E-state index in [0.717, 1.165) is 5.56 Å². The van der Waals surface area contributed by atoms with Crippen molar-refractivity contribution in [1.82, 2.24) is 9.97 Å². The van der Waals surface area contributed by atoms with Crippen molar-refractivity contribution >= 4 is 0 Å². The van der Waals surface area contributed by atoms with E-state index in [0.29, 0.717) is 28.1 Å². The molecule has 0 amide bonds. The molecule has 4 aromatic rings. The summed E-state index contributed by atoms with van der Waals surface area (Å²) >= 11 is 0. The van der Waals surface area contributed by atoms with Gasteiger partial charge in [-0.1, -0.05) is 42.5 Å². The Morgan fingerprint density at radius 1 is 0.577 bits per heavy atom. The molecule has 2 heterocycles. The molecule has 26 heavy (non-hydrogen) atoms. The van der Waals surface area contributed by atoms with Crippen molar-refractivity contribution in [3.05, 3.63) is 85.2 Å². The first-order valence-electron chi connectivity index (χ1n) is 8.23. The van der Waals surface area contributed by atoms with Gasteiger partial charge in [0.25, 0.3) is 0 Å². The molecule has 0 saturated heterocycles. The quantitative estimate of drug-likeness (QED) is 0.557. The lowest BCUT2D eigenvalue weighted by molar-refractivity contribution is 0.456. The summed E-state index contributed by atoms with van der Waals surface area (Å²) in [6.45, 7) is 0. The van der Waals surface area contributed by atoms with Crippen LogP contribution in [0, 0.1) is 0 Å². The number of pyridine rings is 2. The summed E-state index contributed by atoms with van der Waals surface area (Å²) in [7, 11) is 0. The second-order valence-electron chi connectivity index (χ2n) is 5.84. The molecule has 2 N–H and O–H groups in total. The Labute approximate surface area is 151 Å². The summed E-state index contributed by atoms with van der Waals surface area (Å²) in [6, 6.07) is 22.0. The van der Waals surface area contributed by atoms with Gasteiger partial charge in [0.05, 0.1) is 17.0 Å². The predicted molar refractivity (Wildman–Crippen MR) is 102 cm³/mol. The molecule has 0 fully saturated rings. The number of hydrogen-bond donors (Lipinski definition) is 2. The molecule has 0 aliphatic heterocycles. The minimum atomic E-state index is -0.00733. The monoisotopic (exact) mass is 340 g/mol. The fraction of sp³-hybridized carbons (Fsp3) is 0. The van der Waals surface area contributed by atoms with E-state index in [1.807, 2.05) is 66.7 Å². The maximum atomic E-state index is 10.9. The van der Waals surface area contributed by atoms with Gasteiger partial charge in [-0.05, 0) is 35.9 Å². The second kappa shape index (κ2) is 6.69. The third kappa shape index (κ3) is 2.78. The maximum absolute atomic E-state index is 10.9. The molecule has 4 rings (SSSR count). The van der Waals surface area contributed by atoms with Gasteiger partial charge >= 0.3 is 0 Å². The fourth-order valence-electron chi connectivity index (χ4n) is 2.98. The number of nitrogens with zero attached hydrogens (tertiary/aromatic N) is 2. The van der Waals surface area contributed by atoms with Crippen LogP contribution in [0.3, 0.4) is 0 Å². The average molecular weight is 340 g/mol. The van der Waals surface area contributed by atoms with E-state index in [2.05, 4.69) is 9.97 Å². The molecule has 0 saturated carbocycles. The van der Waals surface area contributed by atoms with Crippen molar-refractivity contribution in [2.45, 2.75) is 0 Å². The first-order chi connectivity index (χ1) is 12.8. The SMILES string of the molecule is Oc1c(-c2ccccn2)cc(-c2ccccn2)c(O)c1-c1ccccc1. The molecule has 4 heteroatoms. The summed E-state index contributed by atoms with van der Waals surface area (Å²) in [5, 5.41) is 21.9. The van der Waals surface area contributed by atoms with Gasteiger partial charge in [0, 0.05) is 23.5 Å². The number of aromatic hydroxyl groups is 2. The second-order valence-corrected chi connectivity index (χ2v) is 5.84. The normalized spacial score (nSPS) is 10.6. The average Bonchev–Trinajstić information content (AvgIpc) is 2.70. The first kappa shape index (κ1) is 15.8. The van der Waals surface area contributed by atoms with Crippen molar-refractivity contribution in [3.8, 4) is 45.1 Å². The van der Waals surface area contributed by atoms with Gasteiger partial charge in [0.2, 0.25) is 0 Å². The highest BCUT2D eigenvalue weighted by molar-refractivity contribution is 5.92. The molecule has 4 nitrogen and oxygen atoms in total. The molecule has 0 atom stereocenters. The van der Waals surface area contributed by atoms with E-state index in [9.17, 15) is 10.2 Å². The van der Waals surface area contributed by atoms with Gasteiger partial charge in [-0.3, -0.25) is 9.97 Å². The molecule has 0 aliphatic carbocycles. The minimum absolute atomic E-state index is 0.00733. The summed E-state index contributed by atoms with van der Waals surface area (Å²) in [6.07, 6.45) is 3.34. The highest BCUT2D eigenvalue weighted by Crippen LogP contribution is 2.48. The highest BCUT2D eigenvalue weighted by Gasteiger charge is 2.21. The largest absolute Gasteiger partial charge is 0.506 e. The maximum Gasteiger partial charge on any atom is 0.136 e. The molecule has 0 bridgehead atoms. The molecule has 2 aromatic carbocycles. The Morgan fingerprint density at radius 3 is 1.54 bits per heavy atom. The van der Waals surface area contributed by atoms with Crippen LogP contribution in [0.2, 0.25) is 0 Å². The molecule has 126 valence electrons. The van der Waals surface area contributed by atoms with Crippen molar-refractivity contribution in [2.75, 3.05) is 0 Å². The molecular weight excluding hydrogens is 324 g/mol. The van der Waals surface area contributed by atoms with Crippen molar-refractivity contribution in [1.29, 1.82) is 0 Å². The number of hydrogen-bond acceptors (Lipinski definition) is 4. The molecule has 0 spiro atoms. The van der Waals surface area contributed by atoms with Crippen LogP contribution < -0.4 is 0 Å². The zero-order valence-corrected chi connectivity index (χ0v) is 13.9. The Bertz CT molecular complexity index is 970. The zero-order chi connectivity index (χ0) is 17.9. The van der Waals surface area contributed by atoms with Crippen LogP contribution in [0.5, 0.6) is 11.5 Å². The van der Waals surface area contributed by atoms with Gasteiger partial charge in [0.1, 0.15) is 11.5 Å². The van der Waals surface area contributed by atoms with E-state index in [1.54, 1.807) is 18.5 Å². The van der Waals surface area contributed by atoms with Crippen LogP contribution in [0.15, 0.2) is 85.2 Å². The van der Waals surface area contributed by atoms with Crippen LogP contribution in [-0.4, -0.2) is 20.2 Å². The zero-order valence-electron chi connectivity index (χ0n) is 13.9. The predicted octanol–water partition coefficient (Wildman–Crippen LogP) is 4.89. The van der Waals surface area contributed by atoms with Gasteiger partial charge < -0.3 is 10.2 Å². The van der Waals surface area contributed by atoms with E-state index in [1.165, 1.54) is 0 Å². The van der Waals surface area contributed by atoms with Gasteiger partial charge in [-0.2, -0.15) is 0 Å². The van der Waals surface area contributed by atoms with Gasteiger partial charge in [-0.15, -0.1) is 0 Å². The van der Waals surface area contributed by atoms with Crippen LogP contribution in [0.4, 0.5) is 0 Å². The van der Waals surface area contributed by atoms with Crippen molar-refractivity contribution in [2.24, 2.45) is 0 Å². The van der Waals surface area contributed by atoms with E-state index in [4.69, 9.17) is 0 Å². The van der Waals surface area contributed by atoms with E-state index < -0.39 is 0 Å². The Kier molecular flexibility index (Phi) is 4.07. The van der Waals surface area contributed by atoms with Crippen LogP contribution in [-0.2, 0) is 0 Å². The van der Waals surface area contributed by atoms with E-state index >= 15 is 0 Å². The van der Waals surface area contributed by atoms with Crippen molar-refractivity contribution in [3.63, 3.8) is 0 Å². The van der Waals surface area contributed by atoms with Crippen LogP contribution in [0.1, 0.15) is 0 Å². The van der Waals surface area contributed by atoms with Crippen molar-refractivity contribution < 1.29 is 10.2 Å².